The SMILES string of the molecule is Fc1nc(F)c(F)c(-c2cc(-c3ccccc3)nc(-c3ccccc3)c2)c1F.O=CO[O-].[2HH].[H-].[K+].[K+].c1ccc(-c2cc(-c3c(-n4c5ccccc5c5ccccc54)c(-n4c5ccccc5c5ccccc54)nc(-n4c5ccccc5c5ccccc54)c3-n3c4ccccc4c4ccccc43)cc(-c3ccccc3)n2)cc1.c1ccc2c(c1)Cc1ccccc1-2. The van der Waals surface area contributed by atoms with E-state index >= 15 is 0 Å². The van der Waals surface area contributed by atoms with Gasteiger partial charge in [-0.1, -0.05) is 315 Å². The third-order valence-corrected chi connectivity index (χ3v) is 22.5. The zero-order valence-corrected chi connectivity index (χ0v) is 72.8. The van der Waals surface area contributed by atoms with E-state index < -0.39 is 29.1 Å². The van der Waals surface area contributed by atoms with E-state index in [1.54, 1.807) is 48.5 Å². The maximum Gasteiger partial charge on any atom is 1.00 e. The Labute approximate surface area is 791 Å². The van der Waals surface area contributed by atoms with Gasteiger partial charge in [0.1, 0.15) is 11.4 Å². The minimum absolute atomic E-state index is 0. The molecule has 0 fully saturated rings. The van der Waals surface area contributed by atoms with Crippen LogP contribution in [-0.4, -0.2) is 44.7 Å². The van der Waals surface area contributed by atoms with Crippen molar-refractivity contribution in [3.63, 3.8) is 0 Å². The van der Waals surface area contributed by atoms with Crippen molar-refractivity contribution >= 4 is 93.7 Å². The second-order valence-corrected chi connectivity index (χ2v) is 29.4. The van der Waals surface area contributed by atoms with Crippen LogP contribution in [0.4, 0.5) is 17.6 Å². The molecule has 0 radical (unpaired) electrons. The molecular formula is C106H70F4K2N8O3. The summed E-state index contributed by atoms with van der Waals surface area (Å²) in [5.41, 5.74) is 23.3. The number of carbonyl (C=O) groups excluding carboxylic acids is 1. The third-order valence-electron chi connectivity index (χ3n) is 22.5. The molecule has 582 valence electrons. The van der Waals surface area contributed by atoms with E-state index in [4.69, 9.17) is 20.0 Å². The van der Waals surface area contributed by atoms with Gasteiger partial charge in [0.15, 0.2) is 23.3 Å². The van der Waals surface area contributed by atoms with Crippen LogP contribution >= 0.6 is 0 Å². The van der Waals surface area contributed by atoms with Crippen molar-refractivity contribution in [3.05, 3.63) is 423 Å². The van der Waals surface area contributed by atoms with Crippen molar-refractivity contribution in [1.29, 1.82) is 0 Å². The molecule has 123 heavy (non-hydrogen) atoms. The fraction of sp³-hybridized carbons (Fsp3) is 0.00943. The molecule has 0 bridgehead atoms. The van der Waals surface area contributed by atoms with E-state index in [1.165, 1.54) is 34.4 Å². The number of para-hydroxylation sites is 8. The number of rotatable bonds is 11. The topological polar surface area (TPSA) is 121 Å². The molecular weight excluding hydrogens is 1590 g/mol. The van der Waals surface area contributed by atoms with Gasteiger partial charge in [-0.15, -0.1) is 0 Å². The summed E-state index contributed by atoms with van der Waals surface area (Å²) in [6, 6.07) is 134. The van der Waals surface area contributed by atoms with Crippen LogP contribution in [0.5, 0.6) is 0 Å². The van der Waals surface area contributed by atoms with E-state index in [-0.39, 0.29) is 118 Å². The zero-order valence-electron chi connectivity index (χ0n) is 67.5. The first-order valence-corrected chi connectivity index (χ1v) is 39.5. The third kappa shape index (κ3) is 14.9. The van der Waals surface area contributed by atoms with Gasteiger partial charge < -0.3 is 20.7 Å². The number of halogens is 4. The van der Waals surface area contributed by atoms with Crippen molar-refractivity contribution in [1.82, 2.24) is 38.2 Å². The average molecular weight is 1660 g/mol. The molecule has 14 aromatic carbocycles. The Bertz CT molecular complexity index is 7140. The van der Waals surface area contributed by atoms with E-state index in [1.807, 2.05) is 12.1 Å². The molecule has 8 aromatic heterocycles. The summed E-state index contributed by atoms with van der Waals surface area (Å²) in [7, 11) is 0. The minimum atomic E-state index is -1.70. The van der Waals surface area contributed by atoms with Crippen LogP contribution in [0.15, 0.2) is 388 Å². The van der Waals surface area contributed by atoms with Gasteiger partial charge >= 0.3 is 103 Å². The maximum atomic E-state index is 14.3. The summed E-state index contributed by atoms with van der Waals surface area (Å²) >= 11 is 0. The van der Waals surface area contributed by atoms with Gasteiger partial charge in [0.2, 0.25) is 0 Å². The van der Waals surface area contributed by atoms with Gasteiger partial charge in [0.05, 0.1) is 72.5 Å². The van der Waals surface area contributed by atoms with E-state index in [0.29, 0.717) is 22.5 Å². The van der Waals surface area contributed by atoms with Crippen LogP contribution < -0.4 is 108 Å². The summed E-state index contributed by atoms with van der Waals surface area (Å²) in [6.07, 6.45) is 1.10. The summed E-state index contributed by atoms with van der Waals surface area (Å²) in [6.45, 7) is -0.181. The molecule has 0 N–H and O–H groups in total. The van der Waals surface area contributed by atoms with Crippen molar-refractivity contribution in [2.75, 3.05) is 0 Å². The van der Waals surface area contributed by atoms with Crippen molar-refractivity contribution in [3.8, 4) is 101 Å². The predicted octanol–water partition coefficient (Wildman–Crippen LogP) is 20.0. The van der Waals surface area contributed by atoms with Crippen molar-refractivity contribution in [2.45, 2.75) is 6.42 Å². The second-order valence-electron chi connectivity index (χ2n) is 29.4. The number of fused-ring (bicyclic) bond motifs is 15. The molecule has 23 rings (SSSR count). The summed E-state index contributed by atoms with van der Waals surface area (Å²) in [5, 5.41) is 17.7. The summed E-state index contributed by atoms with van der Waals surface area (Å²) in [5.74, 6) is -4.92. The fourth-order valence-electron chi connectivity index (χ4n) is 17.4. The number of aromatic nitrogens is 8. The Hall–Kier alpha value is -12.7. The monoisotopic (exact) mass is 1660 g/mol. The molecule has 8 heterocycles. The van der Waals surface area contributed by atoms with E-state index in [0.717, 1.165) is 150 Å². The van der Waals surface area contributed by atoms with E-state index in [9.17, 15) is 17.6 Å². The fourth-order valence-corrected chi connectivity index (χ4v) is 17.4. The first-order chi connectivity index (χ1) is 59.7. The standard InChI is InChI=1S/C70H44N6.C22H12F4N2.C13H10.CH2O3.2K.H2.H/c1-3-23-45(24-4-1)56-43-47(44-57(71-56)46-25-5-2-6-26-46)66-67(73-58-35-15-7-27-48(58)49-28-8-16-36-59(49)73)69(75-62-39-19-11-31-52(62)53-32-12-20-40-63(53)75)72-70(76-64-41-21-13-33-54(64)55-34-14-22-42-65(55)76)68(66)74-60-37-17-9-29-50(60)51-30-10-18-38-61(51)74;23-19-18(20(24)22(26)28-21(19)25)15-11-16(13-7-3-1-4-8-13)27-17(12-15)14-9-5-2-6-10-14;1-3-7-12-10(5-1)9-11-6-2-4-8-13(11)12;2-1-4-3;;;;/h1-44H;1-12H;1-8H,9H2;1,3H;;;1H;/q;;;;2*+1;;-1/p-1/i;;;;;;1+1;. The number of pyridine rings is 4. The normalized spacial score (nSPS) is 11.3. The molecule has 0 unspecified atom stereocenters. The second kappa shape index (κ2) is 35.4. The zero-order chi connectivity index (χ0) is 81.6. The molecule has 0 saturated heterocycles. The van der Waals surface area contributed by atoms with Crippen LogP contribution in [0.25, 0.3) is 189 Å². The van der Waals surface area contributed by atoms with Crippen LogP contribution in [0.3, 0.4) is 0 Å². The minimum Gasteiger partial charge on any atom is -1.00 e. The van der Waals surface area contributed by atoms with Gasteiger partial charge in [-0.2, -0.15) is 13.8 Å². The molecule has 1 aliphatic rings. The predicted molar refractivity (Wildman–Crippen MR) is 479 cm³/mol. The number of carbonyl (C=O) groups is 1. The maximum absolute atomic E-state index is 14.3. The molecule has 0 aliphatic heterocycles. The largest absolute Gasteiger partial charge is 1.00 e. The summed E-state index contributed by atoms with van der Waals surface area (Å²) < 4.78 is 65.8. The van der Waals surface area contributed by atoms with Crippen LogP contribution in [0.1, 0.15) is 14.0 Å². The smallest absolute Gasteiger partial charge is 1.00 e. The Morgan fingerprint density at radius 2 is 0.512 bits per heavy atom. The number of hydrogen-bond donors (Lipinski definition) is 0. The van der Waals surface area contributed by atoms with Gasteiger partial charge in [0, 0.05) is 72.3 Å². The average Bonchev–Trinajstić information content (AvgIpc) is 1.54. The Morgan fingerprint density at radius 3 is 0.780 bits per heavy atom. The number of nitrogens with zero attached hydrogens (tertiary/aromatic N) is 8. The molecule has 0 saturated carbocycles. The van der Waals surface area contributed by atoms with Gasteiger partial charge in [-0.25, -0.2) is 23.7 Å². The molecule has 17 heteroatoms. The molecule has 0 atom stereocenters. The first-order valence-electron chi connectivity index (χ1n) is 39.5. The quantitative estimate of drug-likeness (QED) is 0.0316. The van der Waals surface area contributed by atoms with E-state index in [2.05, 4.69) is 349 Å². The van der Waals surface area contributed by atoms with Gasteiger partial charge in [-0.3, -0.25) is 13.9 Å². The van der Waals surface area contributed by atoms with Crippen LogP contribution in [0, 0.1) is 23.5 Å². The molecule has 0 spiro atoms. The van der Waals surface area contributed by atoms with Gasteiger partial charge in [0.25, 0.3) is 18.4 Å². The molecule has 11 nitrogen and oxygen atoms in total. The Kier molecular flexibility index (Phi) is 23.4. The summed E-state index contributed by atoms with van der Waals surface area (Å²) in [4.78, 5) is 30.4. The van der Waals surface area contributed by atoms with Crippen molar-refractivity contribution < 1.29 is 138 Å². The molecule has 22 aromatic rings. The first kappa shape index (κ1) is 81.3. The van der Waals surface area contributed by atoms with Crippen LogP contribution in [-0.2, 0) is 16.1 Å². The Balaban J connectivity index is 0.000000192. The Morgan fingerprint density at radius 1 is 0.285 bits per heavy atom. The number of hydrogen-bond acceptors (Lipinski definition) is 7. The van der Waals surface area contributed by atoms with Crippen LogP contribution in [0.2, 0.25) is 0 Å². The molecule has 1 aliphatic carbocycles. The van der Waals surface area contributed by atoms with Gasteiger partial charge in [-0.05, 0) is 113 Å². The van der Waals surface area contributed by atoms with Crippen molar-refractivity contribution in [2.24, 2.45) is 0 Å². The number of benzene rings is 14. The molecule has 0 amide bonds.